The lowest BCUT2D eigenvalue weighted by Gasteiger charge is -2.06. The van der Waals surface area contributed by atoms with Crippen LogP contribution < -0.4 is 10.6 Å². The van der Waals surface area contributed by atoms with E-state index in [1.165, 1.54) is 18.2 Å². The van der Waals surface area contributed by atoms with Crippen molar-refractivity contribution in [2.24, 2.45) is 0 Å². The number of hydrogen-bond donors (Lipinski definition) is 2. The first kappa shape index (κ1) is 14.4. The number of carbonyl (C=O) groups is 1. The first-order valence-corrected chi connectivity index (χ1v) is 6.15. The van der Waals surface area contributed by atoms with Gasteiger partial charge in [0.2, 0.25) is 5.89 Å². The first-order valence-electron chi connectivity index (χ1n) is 6.15. The molecule has 1 aromatic heterocycles. The van der Waals surface area contributed by atoms with Crippen molar-refractivity contribution in [1.29, 1.82) is 0 Å². The van der Waals surface area contributed by atoms with Gasteiger partial charge in [0, 0.05) is 25.2 Å². The van der Waals surface area contributed by atoms with E-state index in [2.05, 4.69) is 20.8 Å². The van der Waals surface area contributed by atoms with Gasteiger partial charge in [-0.2, -0.15) is 0 Å². The van der Waals surface area contributed by atoms with E-state index in [-0.39, 0.29) is 23.2 Å². The molecule has 2 rings (SSSR count). The first-order chi connectivity index (χ1) is 10.0. The summed E-state index contributed by atoms with van der Waals surface area (Å²) < 4.78 is 5.01. The Morgan fingerprint density at radius 2 is 2.19 bits per heavy atom. The fourth-order valence-electron chi connectivity index (χ4n) is 1.70. The van der Waals surface area contributed by atoms with Crippen LogP contribution in [0.5, 0.6) is 0 Å². The minimum Gasteiger partial charge on any atom is -0.408 e. The van der Waals surface area contributed by atoms with Gasteiger partial charge in [0.15, 0.2) is 0 Å². The van der Waals surface area contributed by atoms with Gasteiger partial charge in [0.1, 0.15) is 5.56 Å². The summed E-state index contributed by atoms with van der Waals surface area (Å²) in [6.45, 7) is 4.07. The zero-order chi connectivity index (χ0) is 15.4. The van der Waals surface area contributed by atoms with Crippen molar-refractivity contribution < 1.29 is 14.1 Å². The summed E-state index contributed by atoms with van der Waals surface area (Å²) in [4.78, 5) is 22.5. The maximum absolute atomic E-state index is 12.1. The minimum atomic E-state index is -0.690. The normalized spacial score (nSPS) is 10.2. The number of nitro benzene ring substituents is 1. The predicted molar refractivity (Wildman–Crippen MR) is 74.2 cm³/mol. The lowest BCUT2D eigenvalue weighted by molar-refractivity contribution is -0.385. The molecular formula is C12H13N5O4. The molecule has 110 valence electrons. The third-order valence-electron chi connectivity index (χ3n) is 2.57. The number of amides is 1. The zero-order valence-electron chi connectivity index (χ0n) is 11.4. The summed E-state index contributed by atoms with van der Waals surface area (Å²) in [6.07, 6.45) is 0. The molecule has 0 radical (unpaired) electrons. The van der Waals surface area contributed by atoms with Gasteiger partial charge >= 0.3 is 6.01 Å². The quantitative estimate of drug-likeness (QED) is 0.637. The van der Waals surface area contributed by atoms with Crippen LogP contribution in [0.2, 0.25) is 0 Å². The van der Waals surface area contributed by atoms with Crippen LogP contribution in [-0.2, 0) is 0 Å². The smallest absolute Gasteiger partial charge is 0.322 e. The van der Waals surface area contributed by atoms with Crippen LogP contribution in [0.3, 0.4) is 0 Å². The lowest BCUT2D eigenvalue weighted by atomic mass is 10.1. The second-order valence-electron chi connectivity index (χ2n) is 4.10. The maximum Gasteiger partial charge on any atom is 0.322 e. The topological polar surface area (TPSA) is 123 Å². The molecule has 0 aliphatic rings. The molecule has 21 heavy (non-hydrogen) atoms. The Morgan fingerprint density at radius 1 is 1.43 bits per heavy atom. The Morgan fingerprint density at radius 3 is 2.76 bits per heavy atom. The molecule has 0 atom stereocenters. The highest BCUT2D eigenvalue weighted by Crippen LogP contribution is 2.23. The number of anilines is 2. The van der Waals surface area contributed by atoms with Crippen LogP contribution in [0.1, 0.15) is 23.2 Å². The van der Waals surface area contributed by atoms with Gasteiger partial charge in [-0.3, -0.25) is 20.2 Å². The Kier molecular flexibility index (Phi) is 4.12. The molecule has 0 saturated heterocycles. The van der Waals surface area contributed by atoms with Crippen LogP contribution in [0.15, 0.2) is 22.6 Å². The van der Waals surface area contributed by atoms with E-state index in [0.717, 1.165) is 0 Å². The fourth-order valence-corrected chi connectivity index (χ4v) is 1.70. The van der Waals surface area contributed by atoms with Gasteiger partial charge < -0.3 is 9.73 Å². The molecule has 0 saturated carbocycles. The van der Waals surface area contributed by atoms with Crippen molar-refractivity contribution in [1.82, 2.24) is 10.2 Å². The van der Waals surface area contributed by atoms with Gasteiger partial charge in [-0.25, -0.2) is 0 Å². The van der Waals surface area contributed by atoms with Crippen LogP contribution in [0.4, 0.5) is 17.4 Å². The Labute approximate surface area is 119 Å². The summed E-state index contributed by atoms with van der Waals surface area (Å²) in [5.41, 5.74) is 0.217. The molecule has 0 spiro atoms. The molecule has 1 heterocycles. The third-order valence-corrected chi connectivity index (χ3v) is 2.57. The standard InChI is InChI=1S/C12H13N5O4/c1-3-13-8-4-5-10(17(19)20)9(6-8)11(18)14-12-16-15-7(2)21-12/h4-6,13H,3H2,1-2H3,(H,14,16,18). The Bertz CT molecular complexity index is 682. The van der Waals surface area contributed by atoms with E-state index in [9.17, 15) is 14.9 Å². The number of rotatable bonds is 5. The number of aryl methyl sites for hydroxylation is 1. The Hall–Kier alpha value is -2.97. The average Bonchev–Trinajstić information content (AvgIpc) is 2.84. The van der Waals surface area contributed by atoms with E-state index in [4.69, 9.17) is 4.42 Å². The van der Waals surface area contributed by atoms with E-state index < -0.39 is 10.8 Å². The lowest BCUT2D eigenvalue weighted by Crippen LogP contribution is -2.15. The van der Waals surface area contributed by atoms with Crippen molar-refractivity contribution in [3.05, 3.63) is 39.8 Å². The van der Waals surface area contributed by atoms with Crippen LogP contribution in [-0.4, -0.2) is 27.6 Å². The molecule has 9 heteroatoms. The monoisotopic (exact) mass is 291 g/mol. The van der Waals surface area contributed by atoms with Crippen LogP contribution in [0.25, 0.3) is 0 Å². The highest BCUT2D eigenvalue weighted by Gasteiger charge is 2.22. The van der Waals surface area contributed by atoms with Gasteiger partial charge in [-0.1, -0.05) is 5.10 Å². The molecule has 0 unspecified atom stereocenters. The van der Waals surface area contributed by atoms with Gasteiger partial charge in [0.25, 0.3) is 11.6 Å². The summed E-state index contributed by atoms with van der Waals surface area (Å²) >= 11 is 0. The Balaban J connectivity index is 2.32. The highest BCUT2D eigenvalue weighted by atomic mass is 16.6. The van der Waals surface area contributed by atoms with Crippen LogP contribution >= 0.6 is 0 Å². The number of carbonyl (C=O) groups excluding carboxylic acids is 1. The van der Waals surface area contributed by atoms with E-state index in [1.54, 1.807) is 6.92 Å². The fraction of sp³-hybridized carbons (Fsp3) is 0.250. The summed E-state index contributed by atoms with van der Waals surface area (Å²) in [5, 5.41) is 23.5. The number of nitro groups is 1. The molecule has 1 aromatic carbocycles. The van der Waals surface area contributed by atoms with E-state index in [0.29, 0.717) is 12.2 Å². The zero-order valence-corrected chi connectivity index (χ0v) is 11.4. The van der Waals surface area contributed by atoms with Gasteiger partial charge in [-0.05, 0) is 19.1 Å². The van der Waals surface area contributed by atoms with Crippen molar-refractivity contribution in [2.75, 3.05) is 17.2 Å². The summed E-state index contributed by atoms with van der Waals surface area (Å²) in [6, 6.07) is 4.10. The largest absolute Gasteiger partial charge is 0.408 e. The molecule has 2 N–H and O–H groups in total. The number of hydrogen-bond acceptors (Lipinski definition) is 7. The van der Waals surface area contributed by atoms with Crippen molar-refractivity contribution in [2.45, 2.75) is 13.8 Å². The molecule has 0 aliphatic carbocycles. The summed E-state index contributed by atoms with van der Waals surface area (Å²) in [5.74, 6) is -0.411. The molecule has 0 aliphatic heterocycles. The number of aromatic nitrogens is 2. The molecule has 0 fully saturated rings. The third kappa shape index (κ3) is 3.32. The second kappa shape index (κ2) is 5.99. The molecule has 9 nitrogen and oxygen atoms in total. The SMILES string of the molecule is CCNc1ccc([N+](=O)[O-])c(C(=O)Nc2nnc(C)o2)c1. The molecule has 2 aromatic rings. The average molecular weight is 291 g/mol. The molecule has 0 bridgehead atoms. The summed E-state index contributed by atoms with van der Waals surface area (Å²) in [7, 11) is 0. The number of nitrogens with one attached hydrogen (secondary N) is 2. The van der Waals surface area contributed by atoms with E-state index >= 15 is 0 Å². The highest BCUT2D eigenvalue weighted by molar-refractivity contribution is 6.06. The van der Waals surface area contributed by atoms with Crippen molar-refractivity contribution in [3.63, 3.8) is 0 Å². The number of nitrogens with zero attached hydrogens (tertiary/aromatic N) is 3. The maximum atomic E-state index is 12.1. The second-order valence-corrected chi connectivity index (χ2v) is 4.10. The van der Waals surface area contributed by atoms with Gasteiger partial charge in [0.05, 0.1) is 4.92 Å². The number of benzene rings is 1. The molecular weight excluding hydrogens is 278 g/mol. The molecule has 1 amide bonds. The van der Waals surface area contributed by atoms with E-state index in [1.807, 2.05) is 6.92 Å². The predicted octanol–water partition coefficient (Wildman–Crippen LogP) is 1.97. The van der Waals surface area contributed by atoms with Crippen molar-refractivity contribution >= 4 is 23.3 Å². The minimum absolute atomic E-state index is 0.0886. The van der Waals surface area contributed by atoms with Crippen molar-refractivity contribution in [3.8, 4) is 0 Å². The van der Waals surface area contributed by atoms with Gasteiger partial charge in [-0.15, -0.1) is 5.10 Å². The van der Waals surface area contributed by atoms with Crippen LogP contribution in [0, 0.1) is 17.0 Å².